The lowest BCUT2D eigenvalue weighted by atomic mass is 9.83. The van der Waals surface area contributed by atoms with Gasteiger partial charge in [-0.05, 0) is 18.2 Å². The molecule has 0 bridgehead atoms. The lowest BCUT2D eigenvalue weighted by molar-refractivity contribution is 0.0973. The number of rotatable bonds is 1. The van der Waals surface area contributed by atoms with Crippen LogP contribution >= 0.6 is 0 Å². The Morgan fingerprint density at radius 2 is 1.45 bits per heavy atom. The number of ketones is 2. The van der Waals surface area contributed by atoms with E-state index in [2.05, 4.69) is 0 Å². The molecule has 2 aromatic rings. The maximum absolute atomic E-state index is 12.4. The number of carbonyl (C=O) groups excluding carboxylic acids is 2. The maximum atomic E-state index is 12.4. The third kappa shape index (κ3) is 1.81. The highest BCUT2D eigenvalue weighted by Crippen LogP contribution is 2.39. The predicted molar refractivity (Wildman–Crippen MR) is 71.0 cm³/mol. The van der Waals surface area contributed by atoms with E-state index in [1.807, 2.05) is 0 Å². The van der Waals surface area contributed by atoms with Gasteiger partial charge in [-0.25, -0.2) is 8.42 Å². The van der Waals surface area contributed by atoms with E-state index in [-0.39, 0.29) is 11.1 Å². The quantitative estimate of drug-likeness (QED) is 0.500. The fourth-order valence-corrected chi connectivity index (χ4v) is 3.13. The van der Waals surface area contributed by atoms with Crippen LogP contribution in [0.2, 0.25) is 0 Å². The van der Waals surface area contributed by atoms with Gasteiger partial charge in [0.25, 0.3) is 0 Å². The van der Waals surface area contributed by atoms with Crippen molar-refractivity contribution in [1.29, 1.82) is 0 Å². The van der Waals surface area contributed by atoms with E-state index in [1.165, 1.54) is 6.07 Å². The van der Waals surface area contributed by atoms with E-state index in [1.54, 1.807) is 0 Å². The molecule has 112 valence electrons. The van der Waals surface area contributed by atoms with Gasteiger partial charge in [0.05, 0.1) is 16.0 Å². The molecule has 0 radical (unpaired) electrons. The number of hydrogen-bond donors (Lipinski definition) is 2. The molecule has 8 heteroatoms. The summed E-state index contributed by atoms with van der Waals surface area (Å²) in [6.07, 6.45) is 0. The summed E-state index contributed by atoms with van der Waals surface area (Å²) in [6, 6.07) is 5.36. The van der Waals surface area contributed by atoms with Gasteiger partial charge in [-0.2, -0.15) is 0 Å². The Morgan fingerprint density at radius 1 is 0.864 bits per heavy atom. The molecule has 2 aromatic carbocycles. The Bertz CT molecular complexity index is 957. The summed E-state index contributed by atoms with van der Waals surface area (Å²) in [5, 5.41) is 19.2. The van der Waals surface area contributed by atoms with Gasteiger partial charge in [-0.15, -0.1) is 0 Å². The van der Waals surface area contributed by atoms with Crippen molar-refractivity contribution in [2.75, 3.05) is 0 Å². The second-order valence-electron chi connectivity index (χ2n) is 4.65. The molecule has 3 rings (SSSR count). The molecule has 1 aliphatic rings. The SMILES string of the molecule is O=C1c2ccc(O)c(O)c2C(=O)c2cccc(S(=O)(=O)[O-])c21. The second kappa shape index (κ2) is 4.39. The minimum absolute atomic E-state index is 0.274. The summed E-state index contributed by atoms with van der Waals surface area (Å²) >= 11 is 0. The van der Waals surface area contributed by atoms with Crippen molar-refractivity contribution < 1.29 is 32.8 Å². The monoisotopic (exact) mass is 319 g/mol. The fourth-order valence-electron chi connectivity index (χ4n) is 2.43. The van der Waals surface area contributed by atoms with Crippen LogP contribution in [-0.4, -0.2) is 34.8 Å². The topological polar surface area (TPSA) is 132 Å². The molecule has 0 heterocycles. The number of phenols is 2. The van der Waals surface area contributed by atoms with Crippen LogP contribution in [0.15, 0.2) is 35.2 Å². The molecule has 0 aromatic heterocycles. The zero-order chi connectivity index (χ0) is 16.2. The van der Waals surface area contributed by atoms with Crippen molar-refractivity contribution >= 4 is 21.7 Å². The van der Waals surface area contributed by atoms with Gasteiger partial charge in [-0.1, -0.05) is 12.1 Å². The summed E-state index contributed by atoms with van der Waals surface area (Å²) in [4.78, 5) is 24.0. The largest absolute Gasteiger partial charge is 0.744 e. The van der Waals surface area contributed by atoms with Crippen molar-refractivity contribution in [3.63, 3.8) is 0 Å². The number of benzene rings is 2. The Hall–Kier alpha value is -2.71. The molecular weight excluding hydrogens is 312 g/mol. The highest BCUT2D eigenvalue weighted by molar-refractivity contribution is 7.85. The number of carbonyl (C=O) groups is 2. The number of aromatic hydroxyl groups is 2. The van der Waals surface area contributed by atoms with E-state index in [4.69, 9.17) is 0 Å². The fraction of sp³-hybridized carbons (Fsp3) is 0. The Balaban J connectivity index is 2.42. The van der Waals surface area contributed by atoms with Crippen LogP contribution < -0.4 is 0 Å². The zero-order valence-corrected chi connectivity index (χ0v) is 11.5. The van der Waals surface area contributed by atoms with E-state index in [0.717, 1.165) is 24.3 Å². The summed E-state index contributed by atoms with van der Waals surface area (Å²) < 4.78 is 33.8. The zero-order valence-electron chi connectivity index (χ0n) is 10.7. The van der Waals surface area contributed by atoms with Crippen molar-refractivity contribution in [2.24, 2.45) is 0 Å². The maximum Gasteiger partial charge on any atom is 0.198 e. The van der Waals surface area contributed by atoms with Crippen molar-refractivity contribution in [3.8, 4) is 11.5 Å². The lowest BCUT2D eigenvalue weighted by Crippen LogP contribution is -2.23. The first-order valence-electron chi connectivity index (χ1n) is 5.96. The molecule has 7 nitrogen and oxygen atoms in total. The van der Waals surface area contributed by atoms with Crippen LogP contribution in [0.1, 0.15) is 31.8 Å². The summed E-state index contributed by atoms with van der Waals surface area (Å²) in [7, 11) is -4.96. The van der Waals surface area contributed by atoms with Gasteiger partial charge in [0, 0.05) is 11.1 Å². The summed E-state index contributed by atoms with van der Waals surface area (Å²) in [5.74, 6) is -3.08. The first-order chi connectivity index (χ1) is 10.2. The van der Waals surface area contributed by atoms with E-state index in [0.29, 0.717) is 0 Å². The van der Waals surface area contributed by atoms with Crippen LogP contribution in [0, 0.1) is 0 Å². The van der Waals surface area contributed by atoms with Crippen molar-refractivity contribution in [2.45, 2.75) is 4.90 Å². The molecule has 0 saturated heterocycles. The van der Waals surface area contributed by atoms with Crippen LogP contribution in [0.5, 0.6) is 11.5 Å². The average Bonchev–Trinajstić information content (AvgIpc) is 2.46. The average molecular weight is 319 g/mol. The Morgan fingerprint density at radius 3 is 2.09 bits per heavy atom. The van der Waals surface area contributed by atoms with Gasteiger partial charge in [-0.3, -0.25) is 9.59 Å². The first kappa shape index (κ1) is 14.2. The standard InChI is InChI=1S/C14H8O7S/c15-8-5-4-7-11(14(8)18)13(17)6-2-1-3-9(22(19,20)21)10(6)12(7)16/h1-5,15,18H,(H,19,20,21)/p-1. The Labute approximate surface area is 124 Å². The van der Waals surface area contributed by atoms with Gasteiger partial charge < -0.3 is 14.8 Å². The summed E-state index contributed by atoms with van der Waals surface area (Å²) in [5.41, 5.74) is -1.52. The van der Waals surface area contributed by atoms with Crippen LogP contribution in [0.4, 0.5) is 0 Å². The first-order valence-corrected chi connectivity index (χ1v) is 7.37. The molecule has 22 heavy (non-hydrogen) atoms. The van der Waals surface area contributed by atoms with Crippen LogP contribution in [-0.2, 0) is 10.1 Å². The molecule has 2 N–H and O–H groups in total. The number of hydrogen-bond acceptors (Lipinski definition) is 7. The minimum Gasteiger partial charge on any atom is -0.744 e. The second-order valence-corrected chi connectivity index (χ2v) is 6.00. The summed E-state index contributed by atoms with van der Waals surface area (Å²) in [6.45, 7) is 0. The number of phenolic OH excluding ortho intramolecular Hbond substituents is 2. The minimum atomic E-state index is -4.96. The van der Waals surface area contributed by atoms with Crippen molar-refractivity contribution in [1.82, 2.24) is 0 Å². The lowest BCUT2D eigenvalue weighted by Gasteiger charge is -2.21. The highest BCUT2D eigenvalue weighted by atomic mass is 32.2. The molecular formula is C14H7O7S-. The van der Waals surface area contributed by atoms with Gasteiger partial charge >= 0.3 is 0 Å². The molecule has 0 saturated carbocycles. The normalized spacial score (nSPS) is 13.7. The Kier molecular flexibility index (Phi) is 2.84. The van der Waals surface area contributed by atoms with E-state index < -0.39 is 49.2 Å². The van der Waals surface area contributed by atoms with Crippen LogP contribution in [0.3, 0.4) is 0 Å². The smallest absolute Gasteiger partial charge is 0.198 e. The predicted octanol–water partition coefficient (Wildman–Crippen LogP) is 0.777. The van der Waals surface area contributed by atoms with Gasteiger partial charge in [0.15, 0.2) is 23.1 Å². The van der Waals surface area contributed by atoms with E-state index >= 15 is 0 Å². The molecule has 0 unspecified atom stereocenters. The molecule has 0 fully saturated rings. The van der Waals surface area contributed by atoms with Crippen LogP contribution in [0.25, 0.3) is 0 Å². The number of fused-ring (bicyclic) bond motifs is 2. The van der Waals surface area contributed by atoms with Gasteiger partial charge in [0.1, 0.15) is 10.1 Å². The molecule has 1 aliphatic carbocycles. The molecule has 0 spiro atoms. The molecule has 0 atom stereocenters. The molecule has 0 amide bonds. The molecule has 0 aliphatic heterocycles. The third-order valence-corrected chi connectivity index (χ3v) is 4.27. The highest BCUT2D eigenvalue weighted by Gasteiger charge is 2.35. The third-order valence-electron chi connectivity index (χ3n) is 3.40. The van der Waals surface area contributed by atoms with Crippen molar-refractivity contribution in [3.05, 3.63) is 52.6 Å². The van der Waals surface area contributed by atoms with E-state index in [9.17, 15) is 32.8 Å². The van der Waals surface area contributed by atoms with Gasteiger partial charge in [0.2, 0.25) is 0 Å².